The summed E-state index contributed by atoms with van der Waals surface area (Å²) in [6.07, 6.45) is 0.825. The highest BCUT2D eigenvalue weighted by Gasteiger charge is 2.32. The maximum absolute atomic E-state index is 12.8. The molecule has 1 aliphatic heterocycles. The Morgan fingerprint density at radius 3 is 2.50 bits per heavy atom. The highest BCUT2D eigenvalue weighted by molar-refractivity contribution is 7.90. The van der Waals surface area contributed by atoms with Crippen LogP contribution in [-0.2, 0) is 14.8 Å². The minimum Gasteiger partial charge on any atom is -0.493 e. The van der Waals surface area contributed by atoms with Gasteiger partial charge in [-0.3, -0.25) is 30.2 Å². The normalized spacial score (nSPS) is 15.9. The highest BCUT2D eigenvalue weighted by atomic mass is 32.2. The second-order valence-corrected chi connectivity index (χ2v) is 9.58. The lowest BCUT2D eigenvalue weighted by molar-refractivity contribution is -0.123. The third kappa shape index (κ3) is 5.48. The summed E-state index contributed by atoms with van der Waals surface area (Å²) < 4.78 is 37.9. The van der Waals surface area contributed by atoms with Crippen molar-refractivity contribution >= 4 is 27.7 Å². The van der Waals surface area contributed by atoms with E-state index in [1.807, 2.05) is 6.92 Å². The molecule has 0 saturated carbocycles. The first-order valence-electron chi connectivity index (χ1n) is 10.8. The van der Waals surface area contributed by atoms with E-state index in [1.165, 1.54) is 19.2 Å². The molecule has 0 spiro atoms. The van der Waals surface area contributed by atoms with Crippen LogP contribution in [0.1, 0.15) is 43.1 Å². The summed E-state index contributed by atoms with van der Waals surface area (Å²) in [5.41, 5.74) is 5.38. The molecule has 2 aromatic rings. The van der Waals surface area contributed by atoms with Crippen LogP contribution in [0.5, 0.6) is 11.5 Å². The van der Waals surface area contributed by atoms with E-state index in [-0.39, 0.29) is 22.2 Å². The van der Waals surface area contributed by atoms with Crippen LogP contribution < -0.4 is 25.0 Å². The number of carbonyl (C=O) groups excluding carboxylic acids is 2. The number of rotatable bonds is 8. The van der Waals surface area contributed by atoms with Crippen LogP contribution in [0.4, 0.5) is 0 Å². The van der Waals surface area contributed by atoms with Gasteiger partial charge in [0.25, 0.3) is 21.8 Å². The predicted octanol–water partition coefficient (Wildman–Crippen LogP) is 2.01. The number of fused-ring (bicyclic) bond motifs is 1. The summed E-state index contributed by atoms with van der Waals surface area (Å²) in [5, 5.41) is 0. The van der Waals surface area contributed by atoms with Crippen molar-refractivity contribution < 1.29 is 27.5 Å². The van der Waals surface area contributed by atoms with E-state index in [1.54, 1.807) is 44.2 Å². The Morgan fingerprint density at radius 2 is 1.82 bits per heavy atom. The number of sulfonamides is 1. The molecule has 1 heterocycles. The van der Waals surface area contributed by atoms with Crippen LogP contribution in [0.25, 0.3) is 0 Å². The monoisotopic (exact) mass is 488 g/mol. The maximum atomic E-state index is 12.8. The number of nitrogens with zero attached hydrogens (tertiary/aromatic N) is 1. The predicted molar refractivity (Wildman–Crippen MR) is 126 cm³/mol. The van der Waals surface area contributed by atoms with Gasteiger partial charge in [0, 0.05) is 11.1 Å². The number of hydrogen-bond acceptors (Lipinski definition) is 7. The quantitative estimate of drug-likeness (QED) is 0.487. The number of methoxy groups -OCH3 is 1. The number of carbonyl (C=O) groups is 2. The fourth-order valence-electron chi connectivity index (χ4n) is 3.28. The van der Waals surface area contributed by atoms with Gasteiger partial charge in [0.1, 0.15) is 11.9 Å². The van der Waals surface area contributed by atoms with Crippen LogP contribution in [-0.4, -0.2) is 45.8 Å². The summed E-state index contributed by atoms with van der Waals surface area (Å²) >= 11 is 0. The van der Waals surface area contributed by atoms with Gasteiger partial charge in [0.05, 0.1) is 18.6 Å². The van der Waals surface area contributed by atoms with E-state index in [4.69, 9.17) is 9.47 Å². The Balaban J connectivity index is 1.73. The van der Waals surface area contributed by atoms with Crippen LogP contribution in [0.15, 0.2) is 52.4 Å². The van der Waals surface area contributed by atoms with Crippen molar-refractivity contribution in [3.05, 3.63) is 53.6 Å². The molecule has 11 heteroatoms. The molecular formula is C23H28N4O6S. The van der Waals surface area contributed by atoms with Crippen molar-refractivity contribution in [1.82, 2.24) is 15.6 Å². The Hall–Kier alpha value is -3.60. The first kappa shape index (κ1) is 25.0. The van der Waals surface area contributed by atoms with Gasteiger partial charge in [0.15, 0.2) is 11.5 Å². The van der Waals surface area contributed by atoms with Gasteiger partial charge in [-0.05, 0) is 42.7 Å². The molecule has 3 rings (SSSR count). The molecule has 0 aliphatic carbocycles. The van der Waals surface area contributed by atoms with Gasteiger partial charge in [-0.1, -0.05) is 32.9 Å². The molecule has 0 saturated heterocycles. The van der Waals surface area contributed by atoms with Crippen LogP contribution >= 0.6 is 0 Å². The van der Waals surface area contributed by atoms with Crippen molar-refractivity contribution in [2.75, 3.05) is 13.7 Å². The summed E-state index contributed by atoms with van der Waals surface area (Å²) in [6, 6.07) is 10.1. The van der Waals surface area contributed by atoms with Gasteiger partial charge in [-0.15, -0.1) is 0 Å². The molecule has 2 amide bonds. The molecule has 0 aromatic heterocycles. The third-order valence-corrected chi connectivity index (χ3v) is 6.41. The molecule has 182 valence electrons. The van der Waals surface area contributed by atoms with E-state index in [2.05, 4.69) is 20.6 Å². The number of nitrogens with one attached hydrogen (secondary N) is 3. The number of hydrogen-bond donors (Lipinski definition) is 3. The molecule has 0 unspecified atom stereocenters. The Morgan fingerprint density at radius 1 is 1.09 bits per heavy atom. The van der Waals surface area contributed by atoms with Crippen LogP contribution in [0.2, 0.25) is 0 Å². The topological polar surface area (TPSA) is 135 Å². The molecule has 10 nitrogen and oxygen atoms in total. The summed E-state index contributed by atoms with van der Waals surface area (Å²) in [5.74, 6) is -0.434. The maximum Gasteiger partial charge on any atom is 0.269 e. The molecule has 1 aliphatic rings. The second-order valence-electron chi connectivity index (χ2n) is 7.93. The van der Waals surface area contributed by atoms with Crippen LogP contribution in [0, 0.1) is 5.92 Å². The third-order valence-electron chi connectivity index (χ3n) is 5.02. The summed E-state index contributed by atoms with van der Waals surface area (Å²) in [7, 11) is -2.26. The summed E-state index contributed by atoms with van der Waals surface area (Å²) in [4.78, 5) is 29.9. The lowest BCUT2D eigenvalue weighted by Gasteiger charge is -2.18. The second kappa shape index (κ2) is 10.6. The van der Waals surface area contributed by atoms with Crippen molar-refractivity contribution in [3.63, 3.8) is 0 Å². The number of ether oxygens (including phenoxy) is 2. The fourth-order valence-corrected chi connectivity index (χ4v) is 4.52. The molecule has 34 heavy (non-hydrogen) atoms. The van der Waals surface area contributed by atoms with Gasteiger partial charge >= 0.3 is 0 Å². The number of amidine groups is 1. The van der Waals surface area contributed by atoms with E-state index in [9.17, 15) is 18.0 Å². The Bertz CT molecular complexity index is 1210. The molecule has 1 atom stereocenters. The zero-order chi connectivity index (χ0) is 24.9. The van der Waals surface area contributed by atoms with E-state index >= 15 is 0 Å². The van der Waals surface area contributed by atoms with Gasteiger partial charge < -0.3 is 9.47 Å². The smallest absolute Gasteiger partial charge is 0.269 e. The van der Waals surface area contributed by atoms with Gasteiger partial charge in [0.2, 0.25) is 0 Å². The van der Waals surface area contributed by atoms with E-state index in [0.29, 0.717) is 23.7 Å². The first-order valence-corrected chi connectivity index (χ1v) is 12.3. The van der Waals surface area contributed by atoms with Gasteiger partial charge in [-0.2, -0.15) is 0 Å². The lowest BCUT2D eigenvalue weighted by atomic mass is 10.0. The molecule has 0 bridgehead atoms. The van der Waals surface area contributed by atoms with E-state index in [0.717, 1.165) is 6.42 Å². The zero-order valence-electron chi connectivity index (χ0n) is 19.4. The number of benzene rings is 2. The Kier molecular flexibility index (Phi) is 7.77. The van der Waals surface area contributed by atoms with Crippen molar-refractivity contribution in [3.8, 4) is 11.5 Å². The molecular weight excluding hydrogens is 460 g/mol. The summed E-state index contributed by atoms with van der Waals surface area (Å²) in [6.45, 7) is 6.03. The van der Waals surface area contributed by atoms with E-state index < -0.39 is 27.9 Å². The SMILES string of the molecule is CCCOc1ccc(C(=O)NNC(=O)[C@@H](N=C2NS(=O)(=O)c3ccccc32)C(C)C)cc1OC. The Labute approximate surface area is 198 Å². The number of hydrazine groups is 1. The standard InChI is InChI=1S/C23H28N4O6S/c1-5-12-33-17-11-10-15(13-18(17)32-4)22(28)25-26-23(29)20(14(2)3)24-21-16-8-6-7-9-19(16)34(30,31)27-21/h6-11,13-14,20H,5,12H2,1-4H3,(H,24,27)(H,25,28)(H,26,29)/t20-/m0/s1. The first-order chi connectivity index (χ1) is 16.2. The lowest BCUT2D eigenvalue weighted by Crippen LogP contribution is -2.47. The van der Waals surface area contributed by atoms with Crippen LogP contribution in [0.3, 0.4) is 0 Å². The molecule has 2 aromatic carbocycles. The minimum atomic E-state index is -3.73. The molecule has 0 radical (unpaired) electrons. The molecule has 0 fully saturated rings. The number of aliphatic imine (C=N–C) groups is 1. The average Bonchev–Trinajstić information content (AvgIpc) is 3.09. The zero-order valence-corrected chi connectivity index (χ0v) is 20.2. The molecule has 3 N–H and O–H groups in total. The van der Waals surface area contributed by atoms with Crippen molar-refractivity contribution in [2.45, 2.75) is 38.1 Å². The largest absolute Gasteiger partial charge is 0.493 e. The van der Waals surface area contributed by atoms with Gasteiger partial charge in [-0.25, -0.2) is 8.42 Å². The minimum absolute atomic E-state index is 0.0863. The fraction of sp³-hybridized carbons (Fsp3) is 0.348. The number of amides is 2. The highest BCUT2D eigenvalue weighted by Crippen LogP contribution is 2.28. The van der Waals surface area contributed by atoms with Crippen molar-refractivity contribution in [1.29, 1.82) is 0 Å². The average molecular weight is 489 g/mol. The van der Waals surface area contributed by atoms with Crippen molar-refractivity contribution in [2.24, 2.45) is 10.9 Å².